The molecule has 0 spiro atoms. The van der Waals surface area contributed by atoms with Crippen LogP contribution in [-0.2, 0) is 13.0 Å². The zero-order chi connectivity index (χ0) is 12.5. The molecule has 0 saturated carbocycles. The van der Waals surface area contributed by atoms with E-state index in [1.165, 1.54) is 11.8 Å². The number of rotatable bonds is 3. The van der Waals surface area contributed by atoms with Gasteiger partial charge in [-0.25, -0.2) is 4.68 Å². The zero-order valence-corrected chi connectivity index (χ0v) is 10.1. The van der Waals surface area contributed by atoms with Crippen LogP contribution in [0.25, 0.3) is 0 Å². The van der Waals surface area contributed by atoms with E-state index in [-0.39, 0.29) is 11.8 Å². The monoisotopic (exact) mass is 242 g/mol. The third-order valence-electron chi connectivity index (χ3n) is 3.26. The number of anilines is 1. The van der Waals surface area contributed by atoms with Crippen molar-refractivity contribution in [3.63, 3.8) is 0 Å². The van der Waals surface area contributed by atoms with Crippen molar-refractivity contribution in [2.24, 2.45) is 0 Å². The lowest BCUT2D eigenvalue weighted by Gasteiger charge is -2.10. The zero-order valence-electron chi connectivity index (χ0n) is 10.1. The van der Waals surface area contributed by atoms with Crippen LogP contribution < -0.4 is 5.32 Å². The molecule has 1 atom stereocenters. The molecule has 1 unspecified atom stereocenters. The molecule has 0 bridgehead atoms. The highest BCUT2D eigenvalue weighted by Crippen LogP contribution is 2.26. The summed E-state index contributed by atoms with van der Waals surface area (Å²) in [6, 6.07) is 7.80. The Hall–Kier alpha value is -2.17. The molecule has 0 radical (unpaired) electrons. The Morgan fingerprint density at radius 1 is 1.50 bits per heavy atom. The number of benzene rings is 1. The molecule has 2 aromatic rings. The minimum absolute atomic E-state index is 0.0538. The van der Waals surface area contributed by atoms with Gasteiger partial charge >= 0.3 is 0 Å². The summed E-state index contributed by atoms with van der Waals surface area (Å²) >= 11 is 0. The Kier molecular flexibility index (Phi) is 2.59. The molecule has 3 rings (SSSR count). The molecule has 0 aliphatic carbocycles. The first kappa shape index (κ1) is 11.0. The number of carbonyl (C=O) groups excluding carboxylic acids is 1. The molecule has 1 N–H and O–H groups in total. The molecule has 0 amide bonds. The standard InChI is InChI=1S/C13H14N4O/c1-2-17-12(8-14-16-17)13(18)11-7-9-5-3-4-6-10(9)15-11/h3-6,8,11,15H,2,7H2,1H3. The van der Waals surface area contributed by atoms with Gasteiger partial charge in [-0.2, -0.15) is 0 Å². The number of hydrogen-bond acceptors (Lipinski definition) is 4. The highest BCUT2D eigenvalue weighted by molar-refractivity contribution is 6.01. The number of nitrogens with one attached hydrogen (secondary N) is 1. The highest BCUT2D eigenvalue weighted by atomic mass is 16.1. The second-order valence-electron chi connectivity index (χ2n) is 4.36. The van der Waals surface area contributed by atoms with Gasteiger partial charge in [0.2, 0.25) is 5.78 Å². The number of fused-ring (bicyclic) bond motifs is 1. The van der Waals surface area contributed by atoms with E-state index in [9.17, 15) is 4.79 Å². The van der Waals surface area contributed by atoms with E-state index in [1.54, 1.807) is 4.68 Å². The number of ketones is 1. The van der Waals surface area contributed by atoms with Crippen LogP contribution in [0.15, 0.2) is 30.5 Å². The minimum atomic E-state index is -0.203. The van der Waals surface area contributed by atoms with Crippen molar-refractivity contribution >= 4 is 11.5 Å². The minimum Gasteiger partial charge on any atom is -0.374 e. The van der Waals surface area contributed by atoms with Crippen LogP contribution in [0.4, 0.5) is 5.69 Å². The molecule has 5 heteroatoms. The summed E-state index contributed by atoms with van der Waals surface area (Å²) < 4.78 is 1.63. The number of para-hydroxylation sites is 1. The maximum absolute atomic E-state index is 12.4. The lowest BCUT2D eigenvalue weighted by atomic mass is 10.1. The van der Waals surface area contributed by atoms with Gasteiger partial charge in [-0.05, 0) is 18.6 Å². The van der Waals surface area contributed by atoms with Gasteiger partial charge in [0, 0.05) is 18.7 Å². The number of carbonyl (C=O) groups is 1. The summed E-state index contributed by atoms with van der Waals surface area (Å²) in [5.74, 6) is 0.0538. The molecule has 1 aliphatic rings. The Bertz CT molecular complexity index is 565. The van der Waals surface area contributed by atoms with Gasteiger partial charge in [-0.3, -0.25) is 4.79 Å². The molecule has 92 valence electrons. The number of Topliss-reactive ketones (excluding diaryl/α,β-unsaturated/α-hetero) is 1. The SMILES string of the molecule is CCn1nncc1C(=O)C1Cc2ccccc2N1. The summed E-state index contributed by atoms with van der Waals surface area (Å²) in [5, 5.41) is 10.9. The van der Waals surface area contributed by atoms with E-state index in [0.717, 1.165) is 12.1 Å². The Morgan fingerprint density at radius 2 is 2.33 bits per heavy atom. The van der Waals surface area contributed by atoms with E-state index in [4.69, 9.17) is 0 Å². The third kappa shape index (κ3) is 1.68. The smallest absolute Gasteiger partial charge is 0.204 e. The number of aromatic nitrogens is 3. The topological polar surface area (TPSA) is 59.8 Å². The van der Waals surface area contributed by atoms with Crippen LogP contribution in [0.3, 0.4) is 0 Å². The highest BCUT2D eigenvalue weighted by Gasteiger charge is 2.29. The van der Waals surface area contributed by atoms with Crippen LogP contribution >= 0.6 is 0 Å². The van der Waals surface area contributed by atoms with Crippen molar-refractivity contribution in [1.82, 2.24) is 15.0 Å². The summed E-state index contributed by atoms with van der Waals surface area (Å²) in [4.78, 5) is 12.4. The predicted octanol–water partition coefficient (Wildman–Crippen LogP) is 1.52. The number of hydrogen-bond donors (Lipinski definition) is 1. The van der Waals surface area contributed by atoms with Gasteiger partial charge < -0.3 is 5.32 Å². The van der Waals surface area contributed by atoms with Crippen molar-refractivity contribution in [3.05, 3.63) is 41.7 Å². The van der Waals surface area contributed by atoms with Crippen molar-refractivity contribution in [2.75, 3.05) is 5.32 Å². The number of nitrogens with zero attached hydrogens (tertiary/aromatic N) is 3. The molecule has 1 aromatic heterocycles. The van der Waals surface area contributed by atoms with Crippen LogP contribution in [0.1, 0.15) is 23.0 Å². The molecule has 1 aromatic carbocycles. The Morgan fingerprint density at radius 3 is 3.11 bits per heavy atom. The van der Waals surface area contributed by atoms with Crippen molar-refractivity contribution < 1.29 is 4.79 Å². The van der Waals surface area contributed by atoms with Crippen LogP contribution in [0.5, 0.6) is 0 Å². The molecule has 5 nitrogen and oxygen atoms in total. The molecule has 1 aliphatic heterocycles. The first-order valence-corrected chi connectivity index (χ1v) is 6.06. The lowest BCUT2D eigenvalue weighted by Crippen LogP contribution is -2.29. The van der Waals surface area contributed by atoms with Crippen molar-refractivity contribution in [3.8, 4) is 0 Å². The summed E-state index contributed by atoms with van der Waals surface area (Å²) in [6.45, 7) is 2.60. The van der Waals surface area contributed by atoms with Gasteiger partial charge in [-0.15, -0.1) is 5.10 Å². The lowest BCUT2D eigenvalue weighted by molar-refractivity contribution is 0.0961. The summed E-state index contributed by atoms with van der Waals surface area (Å²) in [5.41, 5.74) is 2.81. The molecule has 0 saturated heterocycles. The van der Waals surface area contributed by atoms with Gasteiger partial charge in [0.05, 0.1) is 12.2 Å². The molecule has 2 heterocycles. The largest absolute Gasteiger partial charge is 0.374 e. The van der Waals surface area contributed by atoms with E-state index in [1.807, 2.05) is 31.2 Å². The van der Waals surface area contributed by atoms with E-state index < -0.39 is 0 Å². The molecule has 18 heavy (non-hydrogen) atoms. The fourth-order valence-corrected chi connectivity index (χ4v) is 2.32. The quantitative estimate of drug-likeness (QED) is 0.829. The first-order valence-electron chi connectivity index (χ1n) is 6.06. The Labute approximate surface area is 105 Å². The van der Waals surface area contributed by atoms with E-state index in [0.29, 0.717) is 12.2 Å². The summed E-state index contributed by atoms with van der Waals surface area (Å²) in [7, 11) is 0. The van der Waals surface area contributed by atoms with Gasteiger partial charge in [0.1, 0.15) is 5.69 Å². The maximum atomic E-state index is 12.4. The second-order valence-corrected chi connectivity index (χ2v) is 4.36. The van der Waals surface area contributed by atoms with E-state index in [2.05, 4.69) is 15.6 Å². The van der Waals surface area contributed by atoms with Crippen LogP contribution in [-0.4, -0.2) is 26.8 Å². The van der Waals surface area contributed by atoms with Gasteiger partial charge in [0.25, 0.3) is 0 Å². The van der Waals surface area contributed by atoms with Crippen molar-refractivity contribution in [1.29, 1.82) is 0 Å². The van der Waals surface area contributed by atoms with Crippen LogP contribution in [0, 0.1) is 0 Å². The normalized spacial score (nSPS) is 17.3. The maximum Gasteiger partial charge on any atom is 0.204 e. The summed E-state index contributed by atoms with van der Waals surface area (Å²) in [6.07, 6.45) is 2.26. The fraction of sp³-hybridized carbons (Fsp3) is 0.308. The average Bonchev–Trinajstić information content (AvgIpc) is 3.03. The number of aryl methyl sites for hydroxylation is 1. The first-order chi connectivity index (χ1) is 8.79. The fourth-order valence-electron chi connectivity index (χ4n) is 2.32. The second kappa shape index (κ2) is 4.25. The third-order valence-corrected chi connectivity index (χ3v) is 3.26. The van der Waals surface area contributed by atoms with Gasteiger partial charge in [-0.1, -0.05) is 23.4 Å². The predicted molar refractivity (Wildman–Crippen MR) is 67.6 cm³/mol. The molecule has 0 fully saturated rings. The van der Waals surface area contributed by atoms with Crippen LogP contribution in [0.2, 0.25) is 0 Å². The molecular formula is C13H14N4O. The molecular weight excluding hydrogens is 228 g/mol. The average molecular weight is 242 g/mol. The van der Waals surface area contributed by atoms with Gasteiger partial charge in [0.15, 0.2) is 0 Å². The van der Waals surface area contributed by atoms with Crippen molar-refractivity contribution in [2.45, 2.75) is 25.9 Å². The van der Waals surface area contributed by atoms with E-state index >= 15 is 0 Å². The Balaban J connectivity index is 1.85.